The van der Waals surface area contributed by atoms with Gasteiger partial charge in [-0.15, -0.1) is 0 Å². The van der Waals surface area contributed by atoms with E-state index in [-0.39, 0.29) is 6.03 Å². The quantitative estimate of drug-likeness (QED) is 0.743. The van der Waals surface area contributed by atoms with Crippen molar-refractivity contribution in [2.24, 2.45) is 0 Å². The van der Waals surface area contributed by atoms with E-state index in [4.69, 9.17) is 0 Å². The van der Waals surface area contributed by atoms with Gasteiger partial charge in [0.25, 0.3) is 0 Å². The van der Waals surface area contributed by atoms with Crippen LogP contribution in [0.3, 0.4) is 0 Å². The van der Waals surface area contributed by atoms with Gasteiger partial charge in [-0.05, 0) is 42.5 Å². The lowest BCUT2D eigenvalue weighted by molar-refractivity contribution is 0.262. The number of anilines is 2. The highest BCUT2D eigenvalue weighted by Gasteiger charge is 2.03. The van der Waals surface area contributed by atoms with Gasteiger partial charge in [0.2, 0.25) is 0 Å². The summed E-state index contributed by atoms with van der Waals surface area (Å²) in [6, 6.07) is 20.7. The van der Waals surface area contributed by atoms with E-state index in [2.05, 4.69) is 10.6 Å². The standard InChI is InChI=1S/C17H15N3O/c21-17(18-14-7-2-1-3-8-14)19-15-9-6-10-16(13-15)20-11-4-5-12-20/h1-13H,(H2,18,19,21). The molecule has 0 atom stereocenters. The fraction of sp³-hybridized carbons (Fsp3) is 0. The molecular weight excluding hydrogens is 262 g/mol. The Balaban J connectivity index is 1.70. The lowest BCUT2D eigenvalue weighted by atomic mass is 10.2. The molecule has 2 N–H and O–H groups in total. The molecule has 0 saturated carbocycles. The Hall–Kier alpha value is -3.01. The molecule has 0 aliphatic heterocycles. The number of rotatable bonds is 3. The van der Waals surface area contributed by atoms with Crippen molar-refractivity contribution in [1.29, 1.82) is 0 Å². The first-order valence-electron chi connectivity index (χ1n) is 6.68. The predicted molar refractivity (Wildman–Crippen MR) is 84.9 cm³/mol. The summed E-state index contributed by atoms with van der Waals surface area (Å²) in [5.74, 6) is 0. The molecule has 0 unspecified atom stereocenters. The molecular formula is C17H15N3O. The number of carbonyl (C=O) groups is 1. The molecule has 0 aliphatic carbocycles. The van der Waals surface area contributed by atoms with Gasteiger partial charge in [0, 0.05) is 29.5 Å². The fourth-order valence-corrected chi connectivity index (χ4v) is 2.07. The maximum atomic E-state index is 12.0. The van der Waals surface area contributed by atoms with Gasteiger partial charge in [-0.1, -0.05) is 24.3 Å². The third-order valence-electron chi connectivity index (χ3n) is 3.04. The van der Waals surface area contributed by atoms with Crippen molar-refractivity contribution >= 4 is 17.4 Å². The Morgan fingerprint density at radius 1 is 0.762 bits per heavy atom. The van der Waals surface area contributed by atoms with E-state index in [9.17, 15) is 4.79 Å². The Morgan fingerprint density at radius 2 is 1.43 bits per heavy atom. The molecule has 0 spiro atoms. The number of nitrogens with one attached hydrogen (secondary N) is 2. The van der Waals surface area contributed by atoms with E-state index in [0.717, 1.165) is 17.1 Å². The number of amides is 2. The molecule has 104 valence electrons. The Bertz CT molecular complexity index is 721. The molecule has 2 aromatic carbocycles. The second-order valence-electron chi connectivity index (χ2n) is 4.59. The number of hydrogen-bond donors (Lipinski definition) is 2. The molecule has 1 aromatic heterocycles. The van der Waals surface area contributed by atoms with E-state index in [0.29, 0.717) is 0 Å². The van der Waals surface area contributed by atoms with Crippen molar-refractivity contribution < 1.29 is 4.79 Å². The molecule has 1 heterocycles. The van der Waals surface area contributed by atoms with Crippen molar-refractivity contribution in [3.63, 3.8) is 0 Å². The van der Waals surface area contributed by atoms with Crippen LogP contribution in [0, 0.1) is 0 Å². The normalized spacial score (nSPS) is 10.1. The zero-order valence-electron chi connectivity index (χ0n) is 11.4. The number of nitrogens with zero attached hydrogens (tertiary/aromatic N) is 1. The Kier molecular flexibility index (Phi) is 3.69. The first-order chi connectivity index (χ1) is 10.3. The minimum Gasteiger partial charge on any atom is -0.324 e. The summed E-state index contributed by atoms with van der Waals surface area (Å²) in [4.78, 5) is 12.0. The third-order valence-corrected chi connectivity index (χ3v) is 3.04. The lowest BCUT2D eigenvalue weighted by Crippen LogP contribution is -2.19. The summed E-state index contributed by atoms with van der Waals surface area (Å²) in [5.41, 5.74) is 2.50. The van der Waals surface area contributed by atoms with Crippen LogP contribution in [0.1, 0.15) is 0 Å². The van der Waals surface area contributed by atoms with E-state index in [1.54, 1.807) is 0 Å². The topological polar surface area (TPSA) is 46.1 Å². The van der Waals surface area contributed by atoms with E-state index >= 15 is 0 Å². The second-order valence-corrected chi connectivity index (χ2v) is 4.59. The van der Waals surface area contributed by atoms with Gasteiger partial charge in [0.1, 0.15) is 0 Å². The maximum Gasteiger partial charge on any atom is 0.323 e. The highest BCUT2D eigenvalue weighted by Crippen LogP contribution is 2.15. The van der Waals surface area contributed by atoms with Crippen LogP contribution in [0.15, 0.2) is 79.1 Å². The summed E-state index contributed by atoms with van der Waals surface area (Å²) >= 11 is 0. The SMILES string of the molecule is O=C(Nc1ccccc1)Nc1cccc(-n2cccc2)c1. The molecule has 4 nitrogen and oxygen atoms in total. The average molecular weight is 277 g/mol. The lowest BCUT2D eigenvalue weighted by Gasteiger charge is -2.09. The van der Waals surface area contributed by atoms with Gasteiger partial charge >= 0.3 is 6.03 Å². The number of benzene rings is 2. The highest BCUT2D eigenvalue weighted by molar-refractivity contribution is 5.99. The monoisotopic (exact) mass is 277 g/mol. The van der Waals surface area contributed by atoms with Crippen LogP contribution in [0.2, 0.25) is 0 Å². The molecule has 3 rings (SSSR count). The first kappa shape index (κ1) is 13.0. The van der Waals surface area contributed by atoms with E-state index in [1.807, 2.05) is 83.7 Å². The smallest absolute Gasteiger partial charge is 0.323 e. The summed E-state index contributed by atoms with van der Waals surface area (Å²) < 4.78 is 1.99. The number of aromatic nitrogens is 1. The van der Waals surface area contributed by atoms with Gasteiger partial charge in [-0.3, -0.25) is 0 Å². The van der Waals surface area contributed by atoms with Crippen LogP contribution >= 0.6 is 0 Å². The predicted octanol–water partition coefficient (Wildman–Crippen LogP) is 4.12. The van der Waals surface area contributed by atoms with Crippen LogP contribution < -0.4 is 10.6 Å². The number of para-hydroxylation sites is 1. The number of hydrogen-bond acceptors (Lipinski definition) is 1. The Labute approximate surface area is 123 Å². The molecule has 0 bridgehead atoms. The molecule has 0 radical (unpaired) electrons. The van der Waals surface area contributed by atoms with Crippen LogP contribution in [0.4, 0.5) is 16.2 Å². The van der Waals surface area contributed by atoms with Gasteiger partial charge in [-0.25, -0.2) is 4.79 Å². The molecule has 2 amide bonds. The third kappa shape index (κ3) is 3.30. The van der Waals surface area contributed by atoms with Crippen molar-refractivity contribution in [2.75, 3.05) is 10.6 Å². The van der Waals surface area contributed by atoms with Crippen molar-refractivity contribution in [3.05, 3.63) is 79.1 Å². The zero-order valence-corrected chi connectivity index (χ0v) is 11.4. The van der Waals surface area contributed by atoms with Gasteiger partial charge < -0.3 is 15.2 Å². The molecule has 0 saturated heterocycles. The minimum atomic E-state index is -0.258. The number of carbonyl (C=O) groups excluding carboxylic acids is 1. The largest absolute Gasteiger partial charge is 0.324 e. The van der Waals surface area contributed by atoms with Crippen LogP contribution in [0.5, 0.6) is 0 Å². The van der Waals surface area contributed by atoms with Crippen LogP contribution in [-0.2, 0) is 0 Å². The summed E-state index contributed by atoms with van der Waals surface area (Å²) in [6.07, 6.45) is 3.92. The second kappa shape index (κ2) is 5.96. The van der Waals surface area contributed by atoms with Gasteiger partial charge in [-0.2, -0.15) is 0 Å². The minimum absolute atomic E-state index is 0.258. The summed E-state index contributed by atoms with van der Waals surface area (Å²) in [5, 5.41) is 5.62. The first-order valence-corrected chi connectivity index (χ1v) is 6.68. The van der Waals surface area contributed by atoms with Gasteiger partial charge in [0.05, 0.1) is 0 Å². The average Bonchev–Trinajstić information content (AvgIpc) is 3.02. The van der Waals surface area contributed by atoms with Crippen LogP contribution in [-0.4, -0.2) is 10.6 Å². The van der Waals surface area contributed by atoms with E-state index < -0.39 is 0 Å². The maximum absolute atomic E-state index is 12.0. The Morgan fingerprint density at radius 3 is 2.19 bits per heavy atom. The van der Waals surface area contributed by atoms with Crippen molar-refractivity contribution in [2.45, 2.75) is 0 Å². The fourth-order valence-electron chi connectivity index (χ4n) is 2.07. The van der Waals surface area contributed by atoms with Crippen molar-refractivity contribution in [3.8, 4) is 5.69 Å². The molecule has 4 heteroatoms. The molecule has 3 aromatic rings. The molecule has 0 fully saturated rings. The highest BCUT2D eigenvalue weighted by atomic mass is 16.2. The molecule has 21 heavy (non-hydrogen) atoms. The van der Waals surface area contributed by atoms with Crippen LogP contribution in [0.25, 0.3) is 5.69 Å². The van der Waals surface area contributed by atoms with E-state index in [1.165, 1.54) is 0 Å². The zero-order chi connectivity index (χ0) is 14.5. The van der Waals surface area contributed by atoms with Crippen molar-refractivity contribution in [1.82, 2.24) is 4.57 Å². The summed E-state index contributed by atoms with van der Waals surface area (Å²) in [7, 11) is 0. The van der Waals surface area contributed by atoms with Gasteiger partial charge in [0.15, 0.2) is 0 Å². The number of urea groups is 1. The molecule has 0 aliphatic rings. The summed E-state index contributed by atoms with van der Waals surface area (Å²) in [6.45, 7) is 0.